The molecule has 1 unspecified atom stereocenters. The Morgan fingerprint density at radius 3 is 2.00 bits per heavy atom. The number of rotatable bonds is 3. The fourth-order valence-electron chi connectivity index (χ4n) is 2.47. The van der Waals surface area contributed by atoms with E-state index < -0.39 is 24.4 Å². The summed E-state index contributed by atoms with van der Waals surface area (Å²) in [4.78, 5) is 0. The van der Waals surface area contributed by atoms with Crippen LogP contribution in [0.2, 0.25) is 0 Å². The SMILES string of the molecule is OC(c1cccc(C2CCC2)c1)C(C(F)(F)F)C(F)(F)F. The molecule has 1 fully saturated rings. The highest BCUT2D eigenvalue weighted by Gasteiger charge is 2.60. The lowest BCUT2D eigenvalue weighted by Gasteiger charge is -2.29. The highest BCUT2D eigenvalue weighted by atomic mass is 19.4. The second kappa shape index (κ2) is 5.51. The van der Waals surface area contributed by atoms with E-state index in [-0.39, 0.29) is 11.5 Å². The zero-order valence-electron chi connectivity index (χ0n) is 10.9. The monoisotopic (exact) mass is 312 g/mol. The molecule has 118 valence electrons. The van der Waals surface area contributed by atoms with Gasteiger partial charge < -0.3 is 5.11 Å². The van der Waals surface area contributed by atoms with E-state index in [1.807, 2.05) is 0 Å². The largest absolute Gasteiger partial charge is 0.403 e. The summed E-state index contributed by atoms with van der Waals surface area (Å²) in [5.74, 6) is -3.62. The average molecular weight is 312 g/mol. The van der Waals surface area contributed by atoms with Gasteiger partial charge in [0.15, 0.2) is 5.92 Å². The molecule has 1 aromatic rings. The first-order valence-corrected chi connectivity index (χ1v) is 6.52. The quantitative estimate of drug-likeness (QED) is 0.800. The zero-order chi connectivity index (χ0) is 15.8. The second-order valence-electron chi connectivity index (χ2n) is 5.30. The third-order valence-corrected chi connectivity index (χ3v) is 3.85. The molecule has 0 radical (unpaired) electrons. The first-order chi connectivity index (χ1) is 9.60. The van der Waals surface area contributed by atoms with Crippen LogP contribution in [0.25, 0.3) is 0 Å². The molecule has 0 bridgehead atoms. The standard InChI is InChI=1S/C14H14F6O/c15-13(16,17)12(14(18,19)20)11(21)10-6-2-5-9(7-10)8-3-1-4-8/h2,5-8,11-12,21H,1,3-4H2. The number of halogens is 6. The Kier molecular flexibility index (Phi) is 4.24. The summed E-state index contributed by atoms with van der Waals surface area (Å²) < 4.78 is 75.7. The molecule has 0 amide bonds. The third kappa shape index (κ3) is 3.51. The maximum Gasteiger partial charge on any atom is 0.403 e. The van der Waals surface area contributed by atoms with Gasteiger partial charge in [0, 0.05) is 0 Å². The molecule has 2 rings (SSSR count). The van der Waals surface area contributed by atoms with Gasteiger partial charge >= 0.3 is 12.4 Å². The van der Waals surface area contributed by atoms with Crippen LogP contribution in [0.15, 0.2) is 24.3 Å². The van der Waals surface area contributed by atoms with Gasteiger partial charge in [-0.25, -0.2) is 0 Å². The number of hydrogen-bond donors (Lipinski definition) is 1. The molecular formula is C14H14F6O. The van der Waals surface area contributed by atoms with Crippen molar-refractivity contribution >= 4 is 0 Å². The molecule has 1 saturated carbocycles. The molecule has 1 aliphatic carbocycles. The highest BCUT2D eigenvalue weighted by molar-refractivity contribution is 5.29. The van der Waals surface area contributed by atoms with E-state index >= 15 is 0 Å². The van der Waals surface area contributed by atoms with Gasteiger partial charge in [-0.15, -0.1) is 0 Å². The van der Waals surface area contributed by atoms with Gasteiger partial charge in [-0.1, -0.05) is 30.7 Å². The van der Waals surface area contributed by atoms with Gasteiger partial charge in [-0.3, -0.25) is 0 Å². The van der Waals surface area contributed by atoms with Crippen molar-refractivity contribution < 1.29 is 31.4 Å². The topological polar surface area (TPSA) is 20.2 Å². The Labute approximate surface area is 117 Å². The van der Waals surface area contributed by atoms with Crippen molar-refractivity contribution in [3.63, 3.8) is 0 Å². The molecule has 1 aliphatic rings. The molecule has 1 aromatic carbocycles. The molecule has 1 atom stereocenters. The van der Waals surface area contributed by atoms with Crippen molar-refractivity contribution in [3.05, 3.63) is 35.4 Å². The summed E-state index contributed by atoms with van der Waals surface area (Å²) in [5, 5.41) is 9.61. The number of alkyl halides is 6. The lowest BCUT2D eigenvalue weighted by atomic mass is 9.79. The Morgan fingerprint density at radius 1 is 1.00 bits per heavy atom. The number of aliphatic hydroxyl groups is 1. The molecule has 21 heavy (non-hydrogen) atoms. The summed E-state index contributed by atoms with van der Waals surface area (Å²) in [6.45, 7) is 0. The van der Waals surface area contributed by atoms with Gasteiger partial charge in [0.25, 0.3) is 0 Å². The van der Waals surface area contributed by atoms with Gasteiger partial charge in [0.1, 0.15) is 0 Å². The fraction of sp³-hybridized carbons (Fsp3) is 0.571. The van der Waals surface area contributed by atoms with Crippen LogP contribution in [0.1, 0.15) is 42.4 Å². The summed E-state index contributed by atoms with van der Waals surface area (Å²) in [5.41, 5.74) is 0.333. The summed E-state index contributed by atoms with van der Waals surface area (Å²) >= 11 is 0. The number of aliphatic hydroxyl groups excluding tert-OH is 1. The van der Waals surface area contributed by atoms with E-state index in [0.717, 1.165) is 25.3 Å². The molecule has 0 aromatic heterocycles. The minimum Gasteiger partial charge on any atom is -0.387 e. The first kappa shape index (κ1) is 16.1. The maximum absolute atomic E-state index is 12.6. The molecular weight excluding hydrogens is 298 g/mol. The minimum absolute atomic E-state index is 0.160. The van der Waals surface area contributed by atoms with E-state index in [1.165, 1.54) is 12.1 Å². The van der Waals surface area contributed by atoms with Crippen molar-refractivity contribution in [1.29, 1.82) is 0 Å². The van der Waals surface area contributed by atoms with Crippen LogP contribution in [0.4, 0.5) is 26.3 Å². The number of benzene rings is 1. The van der Waals surface area contributed by atoms with Crippen molar-refractivity contribution in [2.24, 2.45) is 5.92 Å². The minimum atomic E-state index is -5.55. The summed E-state index contributed by atoms with van der Waals surface area (Å²) in [6.07, 6.45) is -11.0. The van der Waals surface area contributed by atoms with Gasteiger partial charge in [-0.05, 0) is 29.9 Å². The van der Waals surface area contributed by atoms with Crippen LogP contribution in [0.3, 0.4) is 0 Å². The third-order valence-electron chi connectivity index (χ3n) is 3.85. The van der Waals surface area contributed by atoms with Crippen LogP contribution >= 0.6 is 0 Å². The van der Waals surface area contributed by atoms with E-state index in [2.05, 4.69) is 0 Å². The molecule has 7 heteroatoms. The molecule has 0 heterocycles. The maximum atomic E-state index is 12.6. The Balaban J connectivity index is 2.30. The Hall–Kier alpha value is -1.24. The molecule has 1 nitrogen and oxygen atoms in total. The smallest absolute Gasteiger partial charge is 0.387 e. The van der Waals surface area contributed by atoms with Gasteiger partial charge in [0.2, 0.25) is 0 Å². The number of hydrogen-bond acceptors (Lipinski definition) is 1. The molecule has 0 aliphatic heterocycles. The van der Waals surface area contributed by atoms with Crippen molar-refractivity contribution in [1.82, 2.24) is 0 Å². The van der Waals surface area contributed by atoms with Crippen LogP contribution in [0, 0.1) is 5.92 Å². The summed E-state index contributed by atoms with van der Waals surface area (Å²) in [7, 11) is 0. The highest BCUT2D eigenvalue weighted by Crippen LogP contribution is 2.47. The lowest BCUT2D eigenvalue weighted by molar-refractivity contribution is -0.307. The van der Waals surface area contributed by atoms with Crippen LogP contribution in [-0.4, -0.2) is 17.5 Å². The molecule has 1 N–H and O–H groups in total. The van der Waals surface area contributed by atoms with Crippen molar-refractivity contribution in [2.45, 2.75) is 43.6 Å². The fourth-order valence-corrected chi connectivity index (χ4v) is 2.47. The van der Waals surface area contributed by atoms with Gasteiger partial charge in [0.05, 0.1) is 6.10 Å². The molecule has 0 spiro atoms. The Morgan fingerprint density at radius 2 is 1.57 bits per heavy atom. The Bertz CT molecular complexity index is 475. The molecule has 0 saturated heterocycles. The van der Waals surface area contributed by atoms with Crippen molar-refractivity contribution in [3.8, 4) is 0 Å². The van der Waals surface area contributed by atoms with Crippen LogP contribution < -0.4 is 0 Å². The van der Waals surface area contributed by atoms with Crippen LogP contribution in [0.5, 0.6) is 0 Å². The van der Waals surface area contributed by atoms with E-state index in [0.29, 0.717) is 5.56 Å². The van der Waals surface area contributed by atoms with Crippen molar-refractivity contribution in [2.75, 3.05) is 0 Å². The van der Waals surface area contributed by atoms with Crippen LogP contribution in [-0.2, 0) is 0 Å². The van der Waals surface area contributed by atoms with E-state index in [4.69, 9.17) is 0 Å². The predicted molar refractivity (Wildman–Crippen MR) is 63.6 cm³/mol. The predicted octanol–water partition coefficient (Wildman–Crippen LogP) is 4.73. The van der Waals surface area contributed by atoms with E-state index in [9.17, 15) is 31.4 Å². The average Bonchev–Trinajstić information content (AvgIpc) is 2.22. The first-order valence-electron chi connectivity index (χ1n) is 6.52. The lowest BCUT2D eigenvalue weighted by Crippen LogP contribution is -2.40. The van der Waals surface area contributed by atoms with Gasteiger partial charge in [-0.2, -0.15) is 26.3 Å². The van der Waals surface area contributed by atoms with E-state index in [1.54, 1.807) is 6.07 Å². The second-order valence-corrected chi connectivity index (χ2v) is 5.30. The summed E-state index contributed by atoms with van der Waals surface area (Å²) in [6, 6.07) is 5.39. The zero-order valence-corrected chi connectivity index (χ0v) is 10.9. The normalized spacial score (nSPS) is 18.7.